The molecule has 0 bridgehead atoms. The first-order valence-corrected chi connectivity index (χ1v) is 13.1. The van der Waals surface area contributed by atoms with Crippen molar-refractivity contribution < 1.29 is 38.0 Å². The van der Waals surface area contributed by atoms with Gasteiger partial charge in [-0.05, 0) is 52.9 Å². The van der Waals surface area contributed by atoms with Crippen LogP contribution in [-0.2, 0) is 28.0 Å². The van der Waals surface area contributed by atoms with Crippen LogP contribution < -0.4 is 0 Å². The van der Waals surface area contributed by atoms with Crippen LogP contribution in [0, 0.1) is 0 Å². The molecule has 2 aliphatic rings. The van der Waals surface area contributed by atoms with Crippen LogP contribution in [0.1, 0.15) is 54.4 Å². The summed E-state index contributed by atoms with van der Waals surface area (Å²) in [7, 11) is 0. The van der Waals surface area contributed by atoms with Gasteiger partial charge in [0.1, 0.15) is 12.7 Å². The minimum absolute atomic E-state index is 0.0377. The van der Waals surface area contributed by atoms with Gasteiger partial charge < -0.3 is 28.9 Å². The van der Waals surface area contributed by atoms with Crippen molar-refractivity contribution in [1.29, 1.82) is 0 Å². The van der Waals surface area contributed by atoms with Crippen molar-refractivity contribution in [3.05, 3.63) is 0 Å². The highest BCUT2D eigenvalue weighted by molar-refractivity contribution is 8.54. The maximum atomic E-state index is 12.7. The second-order valence-corrected chi connectivity index (χ2v) is 12.1. The molecule has 0 spiro atoms. The van der Waals surface area contributed by atoms with E-state index in [1.807, 2.05) is 34.6 Å². The Morgan fingerprint density at radius 3 is 2.46 bits per heavy atom. The van der Waals surface area contributed by atoms with Crippen LogP contribution in [0.25, 0.3) is 0 Å². The molecule has 2 rings (SSSR count). The van der Waals surface area contributed by atoms with Crippen LogP contribution in [-0.4, -0.2) is 70.9 Å². The number of hydrogen-bond acceptors (Lipinski definition) is 8. The van der Waals surface area contributed by atoms with Gasteiger partial charge in [0.05, 0.1) is 36.6 Å². The third kappa shape index (κ3) is 7.22. The zero-order valence-electron chi connectivity index (χ0n) is 17.6. The summed E-state index contributed by atoms with van der Waals surface area (Å²) < 4.78 is 40.8. The van der Waals surface area contributed by atoms with E-state index in [0.29, 0.717) is 6.42 Å². The molecule has 2 heterocycles. The minimum atomic E-state index is -4.04. The SMILES string of the molecule is CC(C)OC[C@@]1(O)O[C@@H](C)C[C@H]1OP(=O)(O)SC[C@H]1O[C@@H](C)C[C@H]1OC(C)C. The highest BCUT2D eigenvalue weighted by Gasteiger charge is 2.50. The molecule has 28 heavy (non-hydrogen) atoms. The summed E-state index contributed by atoms with van der Waals surface area (Å²) in [6.45, 7) is 7.15. The number of ether oxygens (including phenoxy) is 4. The van der Waals surface area contributed by atoms with Crippen LogP contribution >= 0.6 is 18.2 Å². The normalized spacial score (nSPS) is 38.4. The lowest BCUT2D eigenvalue weighted by atomic mass is 10.1. The van der Waals surface area contributed by atoms with Crippen molar-refractivity contribution in [2.45, 2.75) is 103 Å². The molecule has 166 valence electrons. The first kappa shape index (κ1) is 24.6. The molecule has 8 nitrogen and oxygen atoms in total. The highest BCUT2D eigenvalue weighted by Crippen LogP contribution is 2.59. The molecule has 1 unspecified atom stereocenters. The molecule has 0 amide bonds. The summed E-state index contributed by atoms with van der Waals surface area (Å²) in [6.07, 6.45) is -0.623. The van der Waals surface area contributed by atoms with Gasteiger partial charge in [-0.25, -0.2) is 4.57 Å². The van der Waals surface area contributed by atoms with Crippen LogP contribution in [0.2, 0.25) is 0 Å². The summed E-state index contributed by atoms with van der Waals surface area (Å²) >= 11 is 0.798. The monoisotopic (exact) mass is 442 g/mol. The smallest absolute Gasteiger partial charge is 0.373 e. The Balaban J connectivity index is 1.93. The van der Waals surface area contributed by atoms with Gasteiger partial charge in [-0.3, -0.25) is 4.52 Å². The van der Waals surface area contributed by atoms with E-state index in [4.69, 9.17) is 23.5 Å². The molecule has 0 aromatic rings. The fraction of sp³-hybridized carbons (Fsp3) is 1.00. The Morgan fingerprint density at radius 2 is 1.86 bits per heavy atom. The van der Waals surface area contributed by atoms with Gasteiger partial charge in [-0.1, -0.05) is 0 Å². The molecule has 0 radical (unpaired) electrons. The van der Waals surface area contributed by atoms with Crippen LogP contribution in [0.4, 0.5) is 0 Å². The molecule has 0 saturated carbocycles. The van der Waals surface area contributed by atoms with Crippen molar-refractivity contribution in [3.8, 4) is 0 Å². The van der Waals surface area contributed by atoms with Gasteiger partial charge in [0.2, 0.25) is 5.79 Å². The largest absolute Gasteiger partial charge is 0.387 e. The summed E-state index contributed by atoms with van der Waals surface area (Å²) in [5.41, 5.74) is 0. The third-order valence-corrected chi connectivity index (χ3v) is 7.58. The molecule has 2 saturated heterocycles. The molecular weight excluding hydrogens is 407 g/mol. The van der Waals surface area contributed by atoms with Gasteiger partial charge >= 0.3 is 6.80 Å². The average Bonchev–Trinajstić information content (AvgIpc) is 3.02. The minimum Gasteiger partial charge on any atom is -0.373 e. The Bertz CT molecular complexity index is 548. The van der Waals surface area contributed by atoms with Crippen molar-refractivity contribution >= 4 is 18.2 Å². The van der Waals surface area contributed by atoms with E-state index < -0.39 is 18.7 Å². The summed E-state index contributed by atoms with van der Waals surface area (Å²) in [5, 5.41) is 10.7. The van der Waals surface area contributed by atoms with Gasteiger partial charge in [0, 0.05) is 18.6 Å². The molecular formula is C18H35O8PS. The first-order chi connectivity index (χ1) is 12.9. The maximum absolute atomic E-state index is 12.7. The Morgan fingerprint density at radius 1 is 1.18 bits per heavy atom. The van der Waals surface area contributed by atoms with E-state index in [0.717, 1.165) is 17.8 Å². The molecule has 0 aromatic heterocycles. The van der Waals surface area contributed by atoms with Crippen LogP contribution in [0.15, 0.2) is 0 Å². The molecule has 2 N–H and O–H groups in total. The van der Waals surface area contributed by atoms with E-state index in [1.165, 1.54) is 0 Å². The third-order valence-electron chi connectivity index (χ3n) is 4.57. The van der Waals surface area contributed by atoms with Gasteiger partial charge in [0.25, 0.3) is 0 Å². The molecule has 0 aromatic carbocycles. The molecule has 2 fully saturated rings. The van der Waals surface area contributed by atoms with E-state index in [9.17, 15) is 14.6 Å². The van der Waals surface area contributed by atoms with Crippen molar-refractivity contribution in [2.75, 3.05) is 12.4 Å². The van der Waals surface area contributed by atoms with Crippen LogP contribution in [0.3, 0.4) is 0 Å². The van der Waals surface area contributed by atoms with Gasteiger partial charge in [-0.2, -0.15) is 0 Å². The average molecular weight is 443 g/mol. The highest BCUT2D eigenvalue weighted by atomic mass is 32.7. The van der Waals surface area contributed by atoms with Crippen molar-refractivity contribution in [1.82, 2.24) is 0 Å². The summed E-state index contributed by atoms with van der Waals surface area (Å²) in [4.78, 5) is 10.4. The predicted octanol–water partition coefficient (Wildman–Crippen LogP) is 3.10. The molecule has 2 aliphatic heterocycles. The van der Waals surface area contributed by atoms with Crippen molar-refractivity contribution in [3.63, 3.8) is 0 Å². The maximum Gasteiger partial charge on any atom is 0.387 e. The Kier molecular flexibility index (Phi) is 8.84. The van der Waals surface area contributed by atoms with Crippen molar-refractivity contribution in [2.24, 2.45) is 0 Å². The summed E-state index contributed by atoms with van der Waals surface area (Å²) in [6, 6.07) is 0. The predicted molar refractivity (Wildman–Crippen MR) is 107 cm³/mol. The van der Waals surface area contributed by atoms with E-state index in [2.05, 4.69) is 0 Å². The van der Waals surface area contributed by atoms with Gasteiger partial charge in [0.15, 0.2) is 0 Å². The number of aliphatic hydroxyl groups is 1. The van der Waals surface area contributed by atoms with E-state index >= 15 is 0 Å². The lowest BCUT2D eigenvalue weighted by molar-refractivity contribution is -0.251. The molecule has 10 heteroatoms. The Hall–Kier alpha value is 0.300. The second-order valence-electron chi connectivity index (χ2n) is 8.17. The Labute approximate surface area is 171 Å². The lowest BCUT2D eigenvalue weighted by Gasteiger charge is -2.30. The zero-order valence-corrected chi connectivity index (χ0v) is 19.3. The fourth-order valence-corrected chi connectivity index (χ4v) is 6.18. The first-order valence-electron chi connectivity index (χ1n) is 9.88. The second kappa shape index (κ2) is 10.1. The van der Waals surface area contributed by atoms with E-state index in [-0.39, 0.29) is 49.0 Å². The quantitative estimate of drug-likeness (QED) is 0.494. The number of rotatable bonds is 10. The fourth-order valence-electron chi connectivity index (χ4n) is 3.42. The summed E-state index contributed by atoms with van der Waals surface area (Å²) in [5.74, 6) is -1.48. The zero-order chi connectivity index (χ0) is 21.1. The van der Waals surface area contributed by atoms with Gasteiger partial charge in [-0.15, -0.1) is 0 Å². The standard InChI is InChI=1S/C18H35O8PS/c1-11(2)22-10-18(19)17(8-14(6)25-18)26-27(20,21)28-9-16-15(23-12(3)4)7-13(5)24-16/h11-17,19H,7-10H2,1-6H3,(H,20,21)/t13-,14-,15+,16+,17+,18+/m0/s1. The lowest BCUT2D eigenvalue weighted by Crippen LogP contribution is -2.45. The van der Waals surface area contributed by atoms with E-state index in [1.54, 1.807) is 6.92 Å². The van der Waals surface area contributed by atoms with Crippen LogP contribution in [0.5, 0.6) is 0 Å². The molecule has 7 atom stereocenters. The molecule has 0 aliphatic carbocycles. The topological polar surface area (TPSA) is 104 Å². The number of hydrogen-bond donors (Lipinski definition) is 2.